The first-order valence-electron chi connectivity index (χ1n) is 12.9. The smallest absolute Gasteiger partial charge is 0.116 e. The standard InChI is InChI=1S/C35H21N3S/c1-2-15-31-28(12-1)29-14-5-13-27(35(29)39-31)25-9-3-7-23(19-25)24-8-4-10-26(20-24)34-32-30(37-21-38-34)17-16-22-11-6-18-36-33(22)32/h1-21H. The van der Waals surface area contributed by atoms with E-state index < -0.39 is 0 Å². The molecular weight excluding hydrogens is 494 g/mol. The number of rotatable bonds is 3. The molecule has 182 valence electrons. The number of benzene rings is 5. The molecule has 0 N–H and O–H groups in total. The van der Waals surface area contributed by atoms with Crippen LogP contribution in [0.2, 0.25) is 0 Å². The van der Waals surface area contributed by atoms with E-state index in [0.29, 0.717) is 0 Å². The summed E-state index contributed by atoms with van der Waals surface area (Å²) >= 11 is 1.87. The van der Waals surface area contributed by atoms with E-state index in [9.17, 15) is 0 Å². The SMILES string of the molecule is c1cc(-c2cccc(-c3ncnc4ccc5cccnc5c34)c2)cc(-c2cccc3c2sc2ccccc23)c1. The van der Waals surface area contributed by atoms with Gasteiger partial charge in [0.15, 0.2) is 0 Å². The molecule has 0 fully saturated rings. The minimum atomic E-state index is 0.898. The Bertz CT molecular complexity index is 2200. The maximum absolute atomic E-state index is 4.73. The van der Waals surface area contributed by atoms with Gasteiger partial charge in [0, 0.05) is 37.3 Å². The van der Waals surface area contributed by atoms with E-state index in [1.54, 1.807) is 6.33 Å². The van der Waals surface area contributed by atoms with Crippen LogP contribution in [-0.4, -0.2) is 15.0 Å². The second-order valence-corrected chi connectivity index (χ2v) is 10.8. The molecule has 0 saturated heterocycles. The molecule has 0 unspecified atom stereocenters. The fraction of sp³-hybridized carbons (Fsp3) is 0. The predicted octanol–water partition coefficient (Wildman–Crippen LogP) is 9.55. The number of aromatic nitrogens is 3. The van der Waals surface area contributed by atoms with Crippen LogP contribution in [0.25, 0.3) is 75.5 Å². The van der Waals surface area contributed by atoms with Gasteiger partial charge in [-0.25, -0.2) is 9.97 Å². The molecule has 5 aromatic carbocycles. The molecule has 8 rings (SSSR count). The van der Waals surface area contributed by atoms with Crippen molar-refractivity contribution in [2.24, 2.45) is 0 Å². The van der Waals surface area contributed by atoms with Crippen molar-refractivity contribution in [3.63, 3.8) is 0 Å². The lowest BCUT2D eigenvalue weighted by Crippen LogP contribution is -1.92. The fourth-order valence-corrected chi connectivity index (χ4v) is 6.83. The van der Waals surface area contributed by atoms with Gasteiger partial charge in [0.25, 0.3) is 0 Å². The molecule has 3 nitrogen and oxygen atoms in total. The molecule has 0 bridgehead atoms. The first kappa shape index (κ1) is 22.1. The second kappa shape index (κ2) is 8.83. The van der Waals surface area contributed by atoms with Crippen molar-refractivity contribution in [2.45, 2.75) is 0 Å². The Labute approximate surface area is 229 Å². The van der Waals surface area contributed by atoms with Crippen molar-refractivity contribution in [3.8, 4) is 33.5 Å². The Hall–Kier alpha value is -4.93. The van der Waals surface area contributed by atoms with Crippen molar-refractivity contribution >= 4 is 53.3 Å². The van der Waals surface area contributed by atoms with Gasteiger partial charge in [-0.3, -0.25) is 4.98 Å². The van der Waals surface area contributed by atoms with Crippen molar-refractivity contribution in [3.05, 3.63) is 128 Å². The molecule has 3 heterocycles. The van der Waals surface area contributed by atoms with Crippen LogP contribution in [0.15, 0.2) is 128 Å². The minimum absolute atomic E-state index is 0.898. The van der Waals surface area contributed by atoms with Crippen LogP contribution >= 0.6 is 11.3 Å². The predicted molar refractivity (Wildman–Crippen MR) is 164 cm³/mol. The van der Waals surface area contributed by atoms with Gasteiger partial charge in [0.2, 0.25) is 0 Å². The molecule has 0 aliphatic rings. The highest BCUT2D eigenvalue weighted by Gasteiger charge is 2.13. The molecule has 0 radical (unpaired) electrons. The van der Waals surface area contributed by atoms with Crippen LogP contribution < -0.4 is 0 Å². The summed E-state index contributed by atoms with van der Waals surface area (Å²) in [6.45, 7) is 0. The van der Waals surface area contributed by atoms with E-state index in [1.807, 2.05) is 29.7 Å². The van der Waals surface area contributed by atoms with Crippen LogP contribution in [0.5, 0.6) is 0 Å². The number of pyridine rings is 1. The first-order valence-corrected chi connectivity index (χ1v) is 13.8. The van der Waals surface area contributed by atoms with E-state index in [1.165, 1.54) is 36.9 Å². The van der Waals surface area contributed by atoms with E-state index in [0.717, 1.165) is 38.6 Å². The van der Waals surface area contributed by atoms with Gasteiger partial charge >= 0.3 is 0 Å². The number of thiophene rings is 1. The third-order valence-corrected chi connectivity index (χ3v) is 8.64. The molecule has 8 aromatic rings. The van der Waals surface area contributed by atoms with Crippen LogP contribution in [0, 0.1) is 0 Å². The summed E-state index contributed by atoms with van der Waals surface area (Å²) in [7, 11) is 0. The van der Waals surface area contributed by atoms with Crippen LogP contribution in [0.4, 0.5) is 0 Å². The zero-order chi connectivity index (χ0) is 25.8. The van der Waals surface area contributed by atoms with Gasteiger partial charge in [0.1, 0.15) is 6.33 Å². The van der Waals surface area contributed by atoms with E-state index >= 15 is 0 Å². The second-order valence-electron chi connectivity index (χ2n) is 9.70. The van der Waals surface area contributed by atoms with Crippen molar-refractivity contribution < 1.29 is 0 Å². The quantitative estimate of drug-likeness (QED) is 0.220. The first-order chi connectivity index (χ1) is 19.3. The average molecular weight is 516 g/mol. The Morgan fingerprint density at radius 1 is 0.538 bits per heavy atom. The Balaban J connectivity index is 1.27. The monoisotopic (exact) mass is 515 g/mol. The van der Waals surface area contributed by atoms with Crippen molar-refractivity contribution in [2.75, 3.05) is 0 Å². The lowest BCUT2D eigenvalue weighted by molar-refractivity contribution is 1.22. The number of nitrogens with zero attached hydrogens (tertiary/aromatic N) is 3. The van der Waals surface area contributed by atoms with Crippen molar-refractivity contribution in [1.29, 1.82) is 0 Å². The van der Waals surface area contributed by atoms with Gasteiger partial charge in [-0.05, 0) is 52.6 Å². The zero-order valence-corrected chi connectivity index (χ0v) is 21.7. The lowest BCUT2D eigenvalue weighted by atomic mass is 9.96. The molecule has 0 atom stereocenters. The lowest BCUT2D eigenvalue weighted by Gasteiger charge is -2.11. The normalized spacial score (nSPS) is 11.6. The van der Waals surface area contributed by atoms with Gasteiger partial charge in [-0.1, -0.05) is 84.9 Å². The van der Waals surface area contributed by atoms with Crippen LogP contribution in [0.1, 0.15) is 0 Å². The summed E-state index contributed by atoms with van der Waals surface area (Å²) in [4.78, 5) is 13.9. The highest BCUT2D eigenvalue weighted by molar-refractivity contribution is 7.26. The Kier molecular flexibility index (Phi) is 5.00. The minimum Gasteiger partial charge on any atom is -0.255 e. The average Bonchev–Trinajstić information content (AvgIpc) is 3.40. The van der Waals surface area contributed by atoms with Gasteiger partial charge in [-0.15, -0.1) is 11.3 Å². The number of hydrogen-bond donors (Lipinski definition) is 0. The van der Waals surface area contributed by atoms with Gasteiger partial charge in [0.05, 0.1) is 22.1 Å². The summed E-state index contributed by atoms with van der Waals surface area (Å²) in [6, 6.07) is 40.9. The molecule has 0 aliphatic carbocycles. The maximum Gasteiger partial charge on any atom is 0.116 e. The third-order valence-electron chi connectivity index (χ3n) is 7.42. The largest absolute Gasteiger partial charge is 0.255 e. The van der Waals surface area contributed by atoms with Gasteiger partial charge in [-0.2, -0.15) is 0 Å². The molecule has 4 heteroatoms. The highest BCUT2D eigenvalue weighted by Crippen LogP contribution is 2.41. The van der Waals surface area contributed by atoms with E-state index in [-0.39, 0.29) is 0 Å². The van der Waals surface area contributed by atoms with E-state index in [2.05, 4.69) is 113 Å². The molecular formula is C35H21N3S. The molecule has 0 aliphatic heterocycles. The number of fused-ring (bicyclic) bond motifs is 6. The van der Waals surface area contributed by atoms with E-state index in [4.69, 9.17) is 4.98 Å². The highest BCUT2D eigenvalue weighted by atomic mass is 32.1. The van der Waals surface area contributed by atoms with Crippen molar-refractivity contribution in [1.82, 2.24) is 15.0 Å². The Morgan fingerprint density at radius 3 is 2.23 bits per heavy atom. The third kappa shape index (κ3) is 3.61. The molecule has 39 heavy (non-hydrogen) atoms. The summed E-state index contributed by atoms with van der Waals surface area (Å²) in [5.74, 6) is 0. The summed E-state index contributed by atoms with van der Waals surface area (Å²) < 4.78 is 2.65. The van der Waals surface area contributed by atoms with Crippen LogP contribution in [-0.2, 0) is 0 Å². The summed E-state index contributed by atoms with van der Waals surface area (Å²) in [6.07, 6.45) is 3.48. The zero-order valence-electron chi connectivity index (χ0n) is 20.9. The van der Waals surface area contributed by atoms with Gasteiger partial charge < -0.3 is 0 Å². The summed E-state index contributed by atoms with van der Waals surface area (Å²) in [5.41, 5.74) is 8.59. The topological polar surface area (TPSA) is 38.7 Å². The maximum atomic E-state index is 4.73. The summed E-state index contributed by atoms with van der Waals surface area (Å²) in [5, 5.41) is 4.71. The van der Waals surface area contributed by atoms with Crippen LogP contribution in [0.3, 0.4) is 0 Å². The Morgan fingerprint density at radius 2 is 1.31 bits per heavy atom. The number of hydrogen-bond acceptors (Lipinski definition) is 4. The fourth-order valence-electron chi connectivity index (χ4n) is 5.59. The molecule has 3 aromatic heterocycles. The molecule has 0 amide bonds. The molecule has 0 spiro atoms. The molecule has 0 saturated carbocycles.